The second-order valence-electron chi connectivity index (χ2n) is 6.26. The topological polar surface area (TPSA) is 69.5 Å². The van der Waals surface area contributed by atoms with Crippen molar-refractivity contribution in [2.75, 3.05) is 37.8 Å². The van der Waals surface area contributed by atoms with E-state index in [0.717, 1.165) is 36.3 Å². The van der Waals surface area contributed by atoms with E-state index < -0.39 is 0 Å². The quantitative estimate of drug-likeness (QED) is 0.742. The Morgan fingerprint density at radius 3 is 2.73 bits per heavy atom. The number of aryl methyl sites for hydroxylation is 1. The first-order chi connectivity index (χ1) is 12.8. The molecule has 0 aliphatic carbocycles. The van der Waals surface area contributed by atoms with E-state index in [2.05, 4.69) is 38.7 Å². The Morgan fingerprint density at radius 2 is 2.00 bits per heavy atom. The van der Waals surface area contributed by atoms with E-state index in [-0.39, 0.29) is 11.2 Å². The van der Waals surface area contributed by atoms with Gasteiger partial charge in [-0.05, 0) is 18.1 Å². The maximum Gasteiger partial charge on any atom is 0.319 e. The van der Waals surface area contributed by atoms with Crippen LogP contribution in [0.1, 0.15) is 18.9 Å². The third-order valence-electron chi connectivity index (χ3n) is 4.66. The lowest BCUT2D eigenvalue weighted by atomic mass is 10.1. The van der Waals surface area contributed by atoms with Gasteiger partial charge >= 0.3 is 5.97 Å². The molecule has 0 radical (unpaired) electrons. The zero-order valence-electron chi connectivity index (χ0n) is 14.8. The summed E-state index contributed by atoms with van der Waals surface area (Å²) in [6.07, 6.45) is 1.62. The molecule has 2 saturated heterocycles. The average molecular weight is 374 g/mol. The first kappa shape index (κ1) is 17.4. The first-order valence-electron chi connectivity index (χ1n) is 8.97. The number of aromatic nitrogens is 3. The van der Waals surface area contributed by atoms with Gasteiger partial charge < -0.3 is 14.4 Å². The minimum absolute atomic E-state index is 0.166. The van der Waals surface area contributed by atoms with Crippen LogP contribution in [0.5, 0.6) is 0 Å². The van der Waals surface area contributed by atoms with E-state index in [1.54, 1.807) is 0 Å². The van der Waals surface area contributed by atoms with Gasteiger partial charge in [0.2, 0.25) is 5.95 Å². The summed E-state index contributed by atoms with van der Waals surface area (Å²) in [7, 11) is 0. The van der Waals surface area contributed by atoms with Gasteiger partial charge in [0.1, 0.15) is 5.25 Å². The highest BCUT2D eigenvalue weighted by molar-refractivity contribution is 8.00. The van der Waals surface area contributed by atoms with E-state index >= 15 is 0 Å². The molecule has 0 spiro atoms. The van der Waals surface area contributed by atoms with Gasteiger partial charge in [0.25, 0.3) is 0 Å². The molecule has 0 amide bonds. The number of morpholine rings is 1. The standard InChI is InChI=1S/C18H22N4O3S/c1-2-13-5-3-4-6-14(13)22-17(21-8-11-24-12-9-21)19-20-18(22)26-15-7-10-25-16(15)23/h3-6,15H,2,7-12H2,1H3/t15-/m1/s1. The Labute approximate surface area is 156 Å². The molecule has 0 bridgehead atoms. The number of anilines is 1. The monoisotopic (exact) mass is 374 g/mol. The fourth-order valence-electron chi connectivity index (χ4n) is 3.26. The molecular formula is C18H22N4O3S. The maximum atomic E-state index is 11.9. The lowest BCUT2D eigenvalue weighted by Crippen LogP contribution is -2.38. The highest BCUT2D eigenvalue weighted by Crippen LogP contribution is 2.34. The van der Waals surface area contributed by atoms with E-state index in [1.807, 2.05) is 12.1 Å². The Morgan fingerprint density at radius 1 is 1.19 bits per heavy atom. The van der Waals surface area contributed by atoms with Crippen molar-refractivity contribution >= 4 is 23.7 Å². The molecule has 2 aromatic rings. The van der Waals surface area contributed by atoms with Crippen molar-refractivity contribution in [3.63, 3.8) is 0 Å². The van der Waals surface area contributed by atoms with E-state index in [1.165, 1.54) is 17.3 Å². The zero-order valence-corrected chi connectivity index (χ0v) is 15.6. The molecule has 1 aromatic heterocycles. The molecule has 8 heteroatoms. The number of esters is 1. The minimum Gasteiger partial charge on any atom is -0.465 e. The maximum absolute atomic E-state index is 11.9. The second-order valence-corrected chi connectivity index (χ2v) is 7.43. The Balaban J connectivity index is 1.76. The number of rotatable bonds is 5. The molecule has 7 nitrogen and oxygen atoms in total. The van der Waals surface area contributed by atoms with Gasteiger partial charge in [-0.25, -0.2) is 0 Å². The van der Waals surface area contributed by atoms with Crippen LogP contribution in [0, 0.1) is 0 Å². The first-order valence-corrected chi connectivity index (χ1v) is 9.85. The number of hydrogen-bond donors (Lipinski definition) is 0. The van der Waals surface area contributed by atoms with Crippen molar-refractivity contribution in [2.24, 2.45) is 0 Å². The SMILES string of the molecule is CCc1ccccc1-n1c(S[C@@H]2CCOC2=O)nnc1N1CCOCC1. The molecule has 2 aliphatic heterocycles. The summed E-state index contributed by atoms with van der Waals surface area (Å²) < 4.78 is 12.7. The molecule has 3 heterocycles. The third-order valence-corrected chi connectivity index (χ3v) is 5.85. The number of nitrogens with zero attached hydrogens (tertiary/aromatic N) is 4. The minimum atomic E-state index is -0.218. The Hall–Kier alpha value is -2.06. The fraction of sp³-hybridized carbons (Fsp3) is 0.500. The zero-order chi connectivity index (χ0) is 17.9. The largest absolute Gasteiger partial charge is 0.465 e. The molecule has 2 fully saturated rings. The summed E-state index contributed by atoms with van der Waals surface area (Å²) in [6, 6.07) is 8.28. The lowest BCUT2D eigenvalue weighted by Gasteiger charge is -2.28. The van der Waals surface area contributed by atoms with Crippen LogP contribution in [0.4, 0.5) is 5.95 Å². The van der Waals surface area contributed by atoms with Gasteiger partial charge in [0.05, 0.1) is 25.5 Å². The summed E-state index contributed by atoms with van der Waals surface area (Å²) in [4.78, 5) is 14.1. The summed E-state index contributed by atoms with van der Waals surface area (Å²) in [6.45, 7) is 5.54. The van der Waals surface area contributed by atoms with Crippen LogP contribution in [-0.2, 0) is 20.7 Å². The number of cyclic esters (lactones) is 1. The summed E-state index contributed by atoms with van der Waals surface area (Å²) in [5.41, 5.74) is 2.29. The van der Waals surface area contributed by atoms with Crippen LogP contribution in [0.15, 0.2) is 29.4 Å². The van der Waals surface area contributed by atoms with E-state index in [9.17, 15) is 4.79 Å². The van der Waals surface area contributed by atoms with Crippen LogP contribution >= 0.6 is 11.8 Å². The number of benzene rings is 1. The van der Waals surface area contributed by atoms with Gasteiger partial charge in [0.15, 0.2) is 5.16 Å². The molecule has 0 saturated carbocycles. The smallest absolute Gasteiger partial charge is 0.319 e. The second kappa shape index (κ2) is 7.67. The molecule has 26 heavy (non-hydrogen) atoms. The van der Waals surface area contributed by atoms with Crippen molar-refractivity contribution in [1.82, 2.24) is 14.8 Å². The highest BCUT2D eigenvalue weighted by Gasteiger charge is 2.31. The van der Waals surface area contributed by atoms with E-state index in [4.69, 9.17) is 9.47 Å². The average Bonchev–Trinajstić information content (AvgIpc) is 3.29. The van der Waals surface area contributed by atoms with E-state index in [0.29, 0.717) is 26.2 Å². The van der Waals surface area contributed by atoms with Gasteiger partial charge in [-0.15, -0.1) is 10.2 Å². The van der Waals surface area contributed by atoms with Crippen molar-refractivity contribution in [3.8, 4) is 5.69 Å². The third kappa shape index (κ3) is 3.31. The molecule has 0 N–H and O–H groups in total. The van der Waals surface area contributed by atoms with Crippen LogP contribution in [-0.4, -0.2) is 58.9 Å². The Kier molecular flexibility index (Phi) is 5.12. The van der Waals surface area contributed by atoms with Crippen molar-refractivity contribution in [2.45, 2.75) is 30.2 Å². The number of para-hydroxylation sites is 1. The predicted octanol–water partition coefficient (Wildman–Crippen LogP) is 2.07. The number of carbonyl (C=O) groups excluding carboxylic acids is 1. The fourth-order valence-corrected chi connectivity index (χ4v) is 4.26. The molecule has 4 rings (SSSR count). The summed E-state index contributed by atoms with van der Waals surface area (Å²) in [5, 5.41) is 9.41. The number of ether oxygens (including phenoxy) is 2. The van der Waals surface area contributed by atoms with Gasteiger partial charge in [-0.2, -0.15) is 0 Å². The predicted molar refractivity (Wildman–Crippen MR) is 99.0 cm³/mol. The number of carbonyl (C=O) groups is 1. The van der Waals surface area contributed by atoms with Crippen LogP contribution in [0.3, 0.4) is 0 Å². The van der Waals surface area contributed by atoms with Crippen LogP contribution in [0.25, 0.3) is 5.69 Å². The highest BCUT2D eigenvalue weighted by atomic mass is 32.2. The van der Waals surface area contributed by atoms with Crippen LogP contribution in [0.2, 0.25) is 0 Å². The molecule has 138 valence electrons. The van der Waals surface area contributed by atoms with Gasteiger partial charge in [0, 0.05) is 19.5 Å². The summed E-state index contributed by atoms with van der Waals surface area (Å²) in [5.74, 6) is 0.643. The molecule has 1 atom stereocenters. The van der Waals surface area contributed by atoms with Crippen molar-refractivity contribution < 1.29 is 14.3 Å². The van der Waals surface area contributed by atoms with Crippen molar-refractivity contribution in [1.29, 1.82) is 0 Å². The van der Waals surface area contributed by atoms with Gasteiger partial charge in [-0.3, -0.25) is 9.36 Å². The Bertz CT molecular complexity index is 788. The lowest BCUT2D eigenvalue weighted by molar-refractivity contribution is -0.137. The van der Waals surface area contributed by atoms with Crippen LogP contribution < -0.4 is 4.90 Å². The number of hydrogen-bond acceptors (Lipinski definition) is 7. The normalized spacial score (nSPS) is 20.4. The molecular weight excluding hydrogens is 352 g/mol. The summed E-state index contributed by atoms with van der Waals surface area (Å²) >= 11 is 1.44. The molecule has 2 aliphatic rings. The molecule has 0 unspecified atom stereocenters. The van der Waals surface area contributed by atoms with Gasteiger partial charge in [-0.1, -0.05) is 36.9 Å². The number of thioether (sulfide) groups is 1. The van der Waals surface area contributed by atoms with Crippen molar-refractivity contribution in [3.05, 3.63) is 29.8 Å². The molecule has 1 aromatic carbocycles.